The van der Waals surface area contributed by atoms with E-state index in [1.165, 1.54) is 12.1 Å². The summed E-state index contributed by atoms with van der Waals surface area (Å²) in [5.74, 6) is -0.337. The molecule has 6 nitrogen and oxygen atoms in total. The van der Waals surface area contributed by atoms with Crippen molar-refractivity contribution in [1.29, 1.82) is 0 Å². The van der Waals surface area contributed by atoms with Gasteiger partial charge >= 0.3 is 6.18 Å². The second-order valence-electron chi connectivity index (χ2n) is 9.42. The van der Waals surface area contributed by atoms with Gasteiger partial charge in [-0.3, -0.25) is 4.79 Å². The normalized spacial score (nSPS) is 11.6. The van der Waals surface area contributed by atoms with Gasteiger partial charge in [-0.2, -0.15) is 18.3 Å². The van der Waals surface area contributed by atoms with E-state index >= 15 is 0 Å². The second kappa shape index (κ2) is 9.85. The zero-order chi connectivity index (χ0) is 27.9. The van der Waals surface area contributed by atoms with Crippen LogP contribution in [0.5, 0.6) is 0 Å². The van der Waals surface area contributed by atoms with Crippen molar-refractivity contribution in [2.45, 2.75) is 13.1 Å². The smallest absolute Gasteiger partial charge is 0.346 e. The molecule has 0 aliphatic carbocycles. The summed E-state index contributed by atoms with van der Waals surface area (Å²) >= 11 is 0. The van der Waals surface area contributed by atoms with Gasteiger partial charge in [0.05, 0.1) is 17.4 Å². The summed E-state index contributed by atoms with van der Waals surface area (Å²) in [5.41, 5.74) is 5.91. The number of aromatic amines is 1. The van der Waals surface area contributed by atoms with Crippen LogP contribution < -0.4 is 5.32 Å². The van der Waals surface area contributed by atoms with Gasteiger partial charge in [0.2, 0.25) is 0 Å². The third-order valence-electron chi connectivity index (χ3n) is 6.70. The van der Waals surface area contributed by atoms with Crippen LogP contribution in [0.15, 0.2) is 104 Å². The quantitative estimate of drug-likeness (QED) is 0.237. The maximum atomic E-state index is 13.1. The number of halogens is 3. The second-order valence-corrected chi connectivity index (χ2v) is 9.42. The van der Waals surface area contributed by atoms with Crippen molar-refractivity contribution in [2.75, 3.05) is 5.32 Å². The summed E-state index contributed by atoms with van der Waals surface area (Å²) in [6, 6.07) is 21.2. The van der Waals surface area contributed by atoms with Crippen LogP contribution in [0.3, 0.4) is 0 Å². The number of carbonyl (C=O) groups is 1. The highest BCUT2D eigenvalue weighted by atomic mass is 19.4. The number of aryl methyl sites for hydroxylation is 1. The number of hydrogen-bond donors (Lipinski definition) is 2. The molecule has 1 amide bonds. The fraction of sp³-hybridized carbons (Fsp3) is 0.0645. The summed E-state index contributed by atoms with van der Waals surface area (Å²) in [6.45, 7) is 1.96. The van der Waals surface area contributed by atoms with Crippen LogP contribution in [0.4, 0.5) is 18.9 Å². The van der Waals surface area contributed by atoms with Gasteiger partial charge < -0.3 is 10.3 Å². The van der Waals surface area contributed by atoms with Crippen molar-refractivity contribution < 1.29 is 18.0 Å². The molecule has 0 unspecified atom stereocenters. The Kier molecular flexibility index (Phi) is 6.18. The summed E-state index contributed by atoms with van der Waals surface area (Å²) in [6.07, 6.45) is 2.92. The molecule has 0 aliphatic heterocycles. The summed E-state index contributed by atoms with van der Waals surface area (Å²) in [5, 5.41) is 8.46. The van der Waals surface area contributed by atoms with Gasteiger partial charge in [0.1, 0.15) is 5.65 Å². The van der Waals surface area contributed by atoms with Crippen molar-refractivity contribution >= 4 is 22.6 Å². The zero-order valence-electron chi connectivity index (χ0n) is 21.2. The maximum absolute atomic E-state index is 13.1. The van der Waals surface area contributed by atoms with E-state index in [2.05, 4.69) is 20.4 Å². The molecule has 6 aromatic rings. The highest BCUT2D eigenvalue weighted by molar-refractivity contribution is 6.05. The third-order valence-corrected chi connectivity index (χ3v) is 6.70. The molecule has 6 rings (SSSR count). The van der Waals surface area contributed by atoms with Crippen molar-refractivity contribution in [2.24, 2.45) is 0 Å². The lowest BCUT2D eigenvalue weighted by molar-refractivity contribution is -0.137. The minimum atomic E-state index is -4.40. The highest BCUT2D eigenvalue weighted by Gasteiger charge is 2.30. The van der Waals surface area contributed by atoms with Gasteiger partial charge in [-0.15, -0.1) is 0 Å². The van der Waals surface area contributed by atoms with Gasteiger partial charge in [0.25, 0.3) is 5.91 Å². The maximum Gasteiger partial charge on any atom is 0.416 e. The third kappa shape index (κ3) is 4.96. The van der Waals surface area contributed by atoms with E-state index in [1.807, 2.05) is 49.6 Å². The lowest BCUT2D eigenvalue weighted by Gasteiger charge is -2.11. The van der Waals surface area contributed by atoms with Crippen molar-refractivity contribution in [1.82, 2.24) is 19.7 Å². The molecule has 0 atom stereocenters. The molecule has 9 heteroatoms. The van der Waals surface area contributed by atoms with E-state index in [4.69, 9.17) is 0 Å². The Morgan fingerprint density at radius 2 is 1.70 bits per heavy atom. The Labute approximate surface area is 227 Å². The summed E-state index contributed by atoms with van der Waals surface area (Å²) in [4.78, 5) is 20.6. The summed E-state index contributed by atoms with van der Waals surface area (Å²) < 4.78 is 40.5. The molecule has 0 saturated heterocycles. The Hall–Kier alpha value is -5.18. The minimum absolute atomic E-state index is 0.337. The first-order chi connectivity index (χ1) is 19.2. The average molecular weight is 538 g/mol. The number of aromatic nitrogens is 4. The Balaban J connectivity index is 1.22. The number of anilines is 1. The first-order valence-corrected chi connectivity index (χ1v) is 12.4. The van der Waals surface area contributed by atoms with Crippen molar-refractivity contribution in [3.05, 3.63) is 120 Å². The summed E-state index contributed by atoms with van der Waals surface area (Å²) in [7, 11) is 0. The number of alkyl halides is 3. The molecule has 3 aromatic heterocycles. The molecular formula is C31H22F3N5O. The monoisotopic (exact) mass is 537 g/mol. The number of benzene rings is 3. The number of carbonyl (C=O) groups excluding carboxylic acids is 1. The number of hydrogen-bond acceptors (Lipinski definition) is 3. The van der Waals surface area contributed by atoms with Gasteiger partial charge in [-0.05, 0) is 72.1 Å². The molecule has 2 N–H and O–H groups in total. The molecule has 3 aromatic carbocycles. The first-order valence-electron chi connectivity index (χ1n) is 12.4. The van der Waals surface area contributed by atoms with E-state index in [9.17, 15) is 18.0 Å². The molecule has 40 heavy (non-hydrogen) atoms. The van der Waals surface area contributed by atoms with E-state index in [0.29, 0.717) is 22.4 Å². The first kappa shape index (κ1) is 25.1. The number of pyridine rings is 1. The fourth-order valence-electron chi connectivity index (χ4n) is 4.53. The predicted octanol–water partition coefficient (Wildman–Crippen LogP) is 7.66. The van der Waals surface area contributed by atoms with Crippen LogP contribution in [0.25, 0.3) is 39.0 Å². The Bertz CT molecular complexity index is 1850. The van der Waals surface area contributed by atoms with E-state index < -0.39 is 11.7 Å². The van der Waals surface area contributed by atoms with Crippen molar-refractivity contribution in [3.8, 4) is 27.9 Å². The number of amides is 1. The molecular weight excluding hydrogens is 515 g/mol. The Morgan fingerprint density at radius 1 is 0.875 bits per heavy atom. The van der Waals surface area contributed by atoms with Gasteiger partial charge in [0, 0.05) is 46.4 Å². The van der Waals surface area contributed by atoms with E-state index in [-0.39, 0.29) is 5.91 Å². The average Bonchev–Trinajstić information content (AvgIpc) is 3.63. The van der Waals surface area contributed by atoms with Crippen LogP contribution in [-0.2, 0) is 6.18 Å². The molecule has 3 heterocycles. The molecule has 0 fully saturated rings. The number of fused-ring (bicyclic) bond motifs is 1. The SMILES string of the molecule is Cc1ccc(NC(=O)c2cccc(-c3ccc(C(F)(F)F)cc3)c2)cc1-n1cc(-c2cnc3[nH]ccc3c2)cn1. The molecule has 0 spiro atoms. The van der Waals surface area contributed by atoms with Gasteiger partial charge in [-0.1, -0.05) is 30.3 Å². The molecule has 198 valence electrons. The standard InChI is InChI=1S/C31H22F3N5O/c1-19-5-10-27(15-28(19)39-18-25(17-37-39)24-14-22-11-12-35-29(22)36-16-24)38-30(40)23-4-2-3-21(13-23)20-6-8-26(9-7-20)31(32,33)34/h2-18H,1H3,(H,35,36)(H,38,40). The number of rotatable bonds is 5. The molecule has 0 aliphatic rings. The Morgan fingerprint density at radius 3 is 2.50 bits per heavy atom. The molecule has 0 bridgehead atoms. The predicted molar refractivity (Wildman–Crippen MR) is 148 cm³/mol. The van der Waals surface area contributed by atoms with Crippen LogP contribution in [0, 0.1) is 6.92 Å². The number of nitrogens with zero attached hydrogens (tertiary/aromatic N) is 3. The molecule has 0 saturated carbocycles. The van der Waals surface area contributed by atoms with Gasteiger partial charge in [0.15, 0.2) is 0 Å². The van der Waals surface area contributed by atoms with Gasteiger partial charge in [-0.25, -0.2) is 9.67 Å². The van der Waals surface area contributed by atoms with Crippen LogP contribution >= 0.6 is 0 Å². The highest BCUT2D eigenvalue weighted by Crippen LogP contribution is 2.31. The van der Waals surface area contributed by atoms with Crippen LogP contribution in [0.1, 0.15) is 21.5 Å². The van der Waals surface area contributed by atoms with Crippen LogP contribution in [0.2, 0.25) is 0 Å². The minimum Gasteiger partial charge on any atom is -0.346 e. The largest absolute Gasteiger partial charge is 0.416 e. The molecule has 0 radical (unpaired) electrons. The van der Waals surface area contributed by atoms with Crippen molar-refractivity contribution in [3.63, 3.8) is 0 Å². The lowest BCUT2D eigenvalue weighted by atomic mass is 10.0. The zero-order valence-corrected chi connectivity index (χ0v) is 21.2. The lowest BCUT2D eigenvalue weighted by Crippen LogP contribution is -2.12. The topological polar surface area (TPSA) is 75.6 Å². The van der Waals surface area contributed by atoms with Crippen LogP contribution in [-0.4, -0.2) is 25.7 Å². The van der Waals surface area contributed by atoms with E-state index in [1.54, 1.807) is 41.3 Å². The number of H-pyrrole nitrogens is 1. The fourth-order valence-corrected chi connectivity index (χ4v) is 4.53. The number of nitrogens with one attached hydrogen (secondary N) is 2. The van der Waals surface area contributed by atoms with E-state index in [0.717, 1.165) is 45.5 Å².